The minimum atomic E-state index is 0.261. The number of nitrogens with one attached hydrogen (secondary N) is 1. The van der Waals surface area contributed by atoms with Gasteiger partial charge in [0.05, 0.1) is 6.20 Å². The Balaban J connectivity index is 1.78. The molecule has 1 aliphatic heterocycles. The van der Waals surface area contributed by atoms with Crippen molar-refractivity contribution in [2.24, 2.45) is 5.92 Å². The first-order valence-corrected chi connectivity index (χ1v) is 5.21. The molecular weight excluding hydrogens is 176 g/mol. The quantitative estimate of drug-likeness (QED) is 0.773. The summed E-state index contributed by atoms with van der Waals surface area (Å²) in [7, 11) is 0. The SMILES string of the molecule is C(=C/C12CCC(CN1)C2)/c1ccno1. The van der Waals surface area contributed by atoms with Crippen LogP contribution in [0.15, 0.2) is 22.9 Å². The van der Waals surface area contributed by atoms with Crippen LogP contribution >= 0.6 is 0 Å². The molecule has 2 aliphatic rings. The molecule has 2 bridgehead atoms. The van der Waals surface area contributed by atoms with Crippen LogP contribution in [0.25, 0.3) is 6.08 Å². The minimum Gasteiger partial charge on any atom is -0.357 e. The van der Waals surface area contributed by atoms with E-state index in [4.69, 9.17) is 4.52 Å². The van der Waals surface area contributed by atoms with Crippen molar-refractivity contribution in [3.63, 3.8) is 0 Å². The highest BCUT2D eigenvalue weighted by molar-refractivity contribution is 5.45. The van der Waals surface area contributed by atoms with Crippen LogP contribution in [0, 0.1) is 5.92 Å². The molecule has 2 atom stereocenters. The van der Waals surface area contributed by atoms with Crippen LogP contribution in [-0.4, -0.2) is 17.2 Å². The van der Waals surface area contributed by atoms with Crippen molar-refractivity contribution in [1.82, 2.24) is 10.5 Å². The van der Waals surface area contributed by atoms with E-state index in [1.54, 1.807) is 6.20 Å². The molecule has 2 unspecified atom stereocenters. The Morgan fingerprint density at radius 2 is 2.64 bits per heavy atom. The molecule has 1 N–H and O–H groups in total. The molecule has 3 nitrogen and oxygen atoms in total. The fourth-order valence-electron chi connectivity index (χ4n) is 2.63. The van der Waals surface area contributed by atoms with E-state index >= 15 is 0 Å². The Morgan fingerprint density at radius 1 is 1.64 bits per heavy atom. The molecule has 2 fully saturated rings. The molecule has 74 valence electrons. The van der Waals surface area contributed by atoms with Crippen LogP contribution in [0.2, 0.25) is 0 Å². The highest BCUT2D eigenvalue weighted by Gasteiger charge is 2.42. The number of fused-ring (bicyclic) bond motifs is 2. The van der Waals surface area contributed by atoms with Crippen molar-refractivity contribution < 1.29 is 4.52 Å². The molecule has 14 heavy (non-hydrogen) atoms. The zero-order valence-corrected chi connectivity index (χ0v) is 8.07. The Bertz CT molecular complexity index is 334. The maximum Gasteiger partial charge on any atom is 0.159 e. The highest BCUT2D eigenvalue weighted by Crippen LogP contribution is 2.40. The predicted octanol–water partition coefficient (Wildman–Crippen LogP) is 1.83. The Labute approximate surface area is 83.2 Å². The van der Waals surface area contributed by atoms with Crippen molar-refractivity contribution in [1.29, 1.82) is 0 Å². The van der Waals surface area contributed by atoms with Crippen LogP contribution in [0.1, 0.15) is 25.0 Å². The summed E-state index contributed by atoms with van der Waals surface area (Å²) in [4.78, 5) is 0. The average molecular weight is 190 g/mol. The smallest absolute Gasteiger partial charge is 0.159 e. The lowest BCUT2D eigenvalue weighted by Crippen LogP contribution is -2.37. The van der Waals surface area contributed by atoms with Crippen LogP contribution in [-0.2, 0) is 0 Å². The van der Waals surface area contributed by atoms with Gasteiger partial charge in [-0.15, -0.1) is 0 Å². The van der Waals surface area contributed by atoms with Crippen molar-refractivity contribution in [2.75, 3.05) is 6.54 Å². The van der Waals surface area contributed by atoms with Gasteiger partial charge in [-0.25, -0.2) is 0 Å². The lowest BCUT2D eigenvalue weighted by atomic mass is 9.98. The molecule has 0 aromatic carbocycles. The molecule has 0 spiro atoms. The van der Waals surface area contributed by atoms with Crippen LogP contribution < -0.4 is 5.32 Å². The van der Waals surface area contributed by atoms with E-state index in [-0.39, 0.29) is 5.54 Å². The van der Waals surface area contributed by atoms with E-state index in [1.165, 1.54) is 25.8 Å². The van der Waals surface area contributed by atoms with Gasteiger partial charge in [-0.3, -0.25) is 0 Å². The lowest BCUT2D eigenvalue weighted by Gasteiger charge is -2.23. The zero-order valence-electron chi connectivity index (χ0n) is 8.07. The topological polar surface area (TPSA) is 38.1 Å². The van der Waals surface area contributed by atoms with Gasteiger partial charge in [0.2, 0.25) is 0 Å². The molecule has 1 saturated carbocycles. The van der Waals surface area contributed by atoms with Gasteiger partial charge in [0, 0.05) is 11.6 Å². The summed E-state index contributed by atoms with van der Waals surface area (Å²) >= 11 is 0. The average Bonchev–Trinajstić information content (AvgIpc) is 2.93. The first kappa shape index (κ1) is 8.24. The van der Waals surface area contributed by atoms with Gasteiger partial charge in [0.1, 0.15) is 0 Å². The molecule has 0 amide bonds. The molecule has 1 saturated heterocycles. The van der Waals surface area contributed by atoms with Gasteiger partial charge < -0.3 is 9.84 Å². The molecule has 1 aliphatic carbocycles. The summed E-state index contributed by atoms with van der Waals surface area (Å²) in [5.74, 6) is 1.74. The molecule has 1 aromatic heterocycles. The Hall–Kier alpha value is -1.09. The van der Waals surface area contributed by atoms with E-state index in [0.29, 0.717) is 0 Å². The number of hydrogen-bond donors (Lipinski definition) is 1. The van der Waals surface area contributed by atoms with E-state index in [0.717, 1.165) is 11.7 Å². The first-order chi connectivity index (χ1) is 6.86. The third-order valence-electron chi connectivity index (χ3n) is 3.42. The normalized spacial score (nSPS) is 35.9. The van der Waals surface area contributed by atoms with Gasteiger partial charge in [-0.2, -0.15) is 0 Å². The van der Waals surface area contributed by atoms with E-state index in [2.05, 4.69) is 16.5 Å². The second-order valence-electron chi connectivity index (χ2n) is 4.39. The number of rotatable bonds is 2. The largest absolute Gasteiger partial charge is 0.357 e. The summed E-state index contributed by atoms with van der Waals surface area (Å²) in [6.45, 7) is 1.18. The number of hydrogen-bond acceptors (Lipinski definition) is 3. The lowest BCUT2D eigenvalue weighted by molar-refractivity contribution is 0.410. The minimum absolute atomic E-state index is 0.261. The molecule has 3 rings (SSSR count). The standard InChI is InChI=1S/C11H14N2O/c1-4-11(7-9(1)8-12-11)5-2-10-3-6-13-14-10/h2-3,5-6,9,12H,1,4,7-8H2/b5-2-. The number of piperidine rings is 1. The van der Waals surface area contributed by atoms with E-state index in [9.17, 15) is 0 Å². The second kappa shape index (κ2) is 2.95. The monoisotopic (exact) mass is 190 g/mol. The molecule has 0 radical (unpaired) electrons. The zero-order chi connectivity index (χ0) is 9.43. The Morgan fingerprint density at radius 3 is 3.21 bits per heavy atom. The maximum atomic E-state index is 5.03. The molecule has 3 heteroatoms. The highest BCUT2D eigenvalue weighted by atomic mass is 16.5. The third-order valence-corrected chi connectivity index (χ3v) is 3.42. The van der Waals surface area contributed by atoms with E-state index < -0.39 is 0 Å². The maximum absolute atomic E-state index is 5.03. The summed E-state index contributed by atoms with van der Waals surface area (Å²) in [6.07, 6.45) is 9.89. The summed E-state index contributed by atoms with van der Waals surface area (Å²) in [5, 5.41) is 7.26. The van der Waals surface area contributed by atoms with Crippen molar-refractivity contribution >= 4 is 6.08 Å². The van der Waals surface area contributed by atoms with Gasteiger partial charge >= 0.3 is 0 Å². The van der Waals surface area contributed by atoms with Crippen LogP contribution in [0.4, 0.5) is 0 Å². The van der Waals surface area contributed by atoms with Crippen LogP contribution in [0.5, 0.6) is 0 Å². The fraction of sp³-hybridized carbons (Fsp3) is 0.545. The van der Waals surface area contributed by atoms with Crippen molar-refractivity contribution in [2.45, 2.75) is 24.8 Å². The summed E-state index contributed by atoms with van der Waals surface area (Å²) in [5.41, 5.74) is 0.261. The summed E-state index contributed by atoms with van der Waals surface area (Å²) in [6, 6.07) is 1.88. The first-order valence-electron chi connectivity index (χ1n) is 5.21. The number of aromatic nitrogens is 1. The third kappa shape index (κ3) is 1.28. The fourth-order valence-corrected chi connectivity index (χ4v) is 2.63. The van der Waals surface area contributed by atoms with Gasteiger partial charge in [0.15, 0.2) is 5.76 Å². The molecular formula is C11H14N2O. The van der Waals surface area contributed by atoms with Gasteiger partial charge in [-0.1, -0.05) is 11.2 Å². The van der Waals surface area contributed by atoms with Crippen molar-refractivity contribution in [3.8, 4) is 0 Å². The predicted molar refractivity (Wildman–Crippen MR) is 53.6 cm³/mol. The van der Waals surface area contributed by atoms with E-state index in [1.807, 2.05) is 12.1 Å². The molecule has 1 aromatic rings. The van der Waals surface area contributed by atoms with Crippen molar-refractivity contribution in [3.05, 3.63) is 24.1 Å². The molecule has 2 heterocycles. The second-order valence-corrected chi connectivity index (χ2v) is 4.39. The van der Waals surface area contributed by atoms with Crippen LogP contribution in [0.3, 0.4) is 0 Å². The van der Waals surface area contributed by atoms with Gasteiger partial charge in [-0.05, 0) is 37.8 Å². The Kier molecular flexibility index (Phi) is 1.74. The van der Waals surface area contributed by atoms with Gasteiger partial charge in [0.25, 0.3) is 0 Å². The number of nitrogens with zero attached hydrogens (tertiary/aromatic N) is 1. The summed E-state index contributed by atoms with van der Waals surface area (Å²) < 4.78 is 5.03.